The minimum atomic E-state index is -0.297. The molecule has 1 aromatic heterocycles. The molecular weight excluding hydrogens is 295 g/mol. The van der Waals surface area contributed by atoms with Gasteiger partial charge in [0.2, 0.25) is 0 Å². The summed E-state index contributed by atoms with van der Waals surface area (Å²) in [6.07, 6.45) is 1.65. The van der Waals surface area contributed by atoms with Crippen LogP contribution in [0.15, 0.2) is 47.6 Å². The first-order chi connectivity index (χ1) is 11.1. The molecule has 0 aliphatic heterocycles. The molecule has 5 nitrogen and oxygen atoms in total. The third-order valence-corrected chi connectivity index (χ3v) is 3.33. The molecule has 0 aliphatic carbocycles. The second-order valence-electron chi connectivity index (χ2n) is 4.89. The molecule has 0 saturated carbocycles. The standard InChI is InChI=1S/C17H21FN4O/c1-3-22(4-2)17(19)21-12-14-11-16(9-10-20-14)23-15-7-5-13(18)6-8-15/h5-11H,3-4,12H2,1-2H3,(H2,19,21). The van der Waals surface area contributed by atoms with Crippen LogP contribution < -0.4 is 10.5 Å². The Bertz CT molecular complexity index is 654. The Labute approximate surface area is 135 Å². The van der Waals surface area contributed by atoms with Crippen molar-refractivity contribution in [3.8, 4) is 11.5 Å². The molecule has 0 bridgehead atoms. The number of hydrogen-bond acceptors (Lipinski definition) is 3. The van der Waals surface area contributed by atoms with Crippen LogP contribution >= 0.6 is 0 Å². The zero-order chi connectivity index (χ0) is 16.7. The third-order valence-electron chi connectivity index (χ3n) is 3.33. The number of aromatic nitrogens is 1. The molecule has 1 aromatic carbocycles. The van der Waals surface area contributed by atoms with Gasteiger partial charge in [-0.25, -0.2) is 9.38 Å². The maximum absolute atomic E-state index is 12.9. The summed E-state index contributed by atoms with van der Waals surface area (Å²) in [5.74, 6) is 1.39. The van der Waals surface area contributed by atoms with E-state index in [9.17, 15) is 4.39 Å². The van der Waals surface area contributed by atoms with E-state index in [0.29, 0.717) is 24.0 Å². The number of aliphatic imine (C=N–C) groups is 1. The summed E-state index contributed by atoms with van der Waals surface area (Å²) >= 11 is 0. The molecule has 122 valence electrons. The van der Waals surface area contributed by atoms with Crippen LogP contribution in [0.3, 0.4) is 0 Å². The highest BCUT2D eigenvalue weighted by atomic mass is 19.1. The third kappa shape index (κ3) is 4.95. The van der Waals surface area contributed by atoms with E-state index < -0.39 is 0 Å². The topological polar surface area (TPSA) is 63.7 Å². The molecule has 0 saturated heterocycles. The predicted molar refractivity (Wildman–Crippen MR) is 89.0 cm³/mol. The summed E-state index contributed by atoms with van der Waals surface area (Å²) in [7, 11) is 0. The molecule has 0 aliphatic rings. The Balaban J connectivity index is 2.05. The van der Waals surface area contributed by atoms with E-state index in [1.165, 1.54) is 12.1 Å². The van der Waals surface area contributed by atoms with Crippen molar-refractivity contribution in [1.29, 1.82) is 0 Å². The summed E-state index contributed by atoms with van der Waals surface area (Å²) < 4.78 is 18.6. The molecule has 0 unspecified atom stereocenters. The number of guanidine groups is 1. The van der Waals surface area contributed by atoms with Gasteiger partial charge in [0, 0.05) is 25.4 Å². The number of halogens is 1. The monoisotopic (exact) mass is 316 g/mol. The molecule has 0 fully saturated rings. The summed E-state index contributed by atoms with van der Waals surface area (Å²) in [6.45, 7) is 6.06. The molecule has 1 heterocycles. The summed E-state index contributed by atoms with van der Waals surface area (Å²) in [5, 5.41) is 0. The quantitative estimate of drug-likeness (QED) is 0.657. The Hall–Kier alpha value is -2.63. The van der Waals surface area contributed by atoms with Gasteiger partial charge in [0.1, 0.15) is 17.3 Å². The van der Waals surface area contributed by atoms with Gasteiger partial charge < -0.3 is 15.4 Å². The van der Waals surface area contributed by atoms with E-state index in [-0.39, 0.29) is 5.82 Å². The number of rotatable bonds is 6. The molecule has 0 spiro atoms. The Morgan fingerprint density at radius 2 is 1.87 bits per heavy atom. The first-order valence-electron chi connectivity index (χ1n) is 7.55. The van der Waals surface area contributed by atoms with Crippen LogP contribution in [0.25, 0.3) is 0 Å². The molecular formula is C17H21FN4O. The van der Waals surface area contributed by atoms with Crippen LogP contribution in [-0.2, 0) is 6.54 Å². The van der Waals surface area contributed by atoms with E-state index >= 15 is 0 Å². The number of benzene rings is 1. The van der Waals surface area contributed by atoms with Crippen molar-refractivity contribution in [1.82, 2.24) is 9.88 Å². The van der Waals surface area contributed by atoms with Gasteiger partial charge >= 0.3 is 0 Å². The second-order valence-corrected chi connectivity index (χ2v) is 4.89. The molecule has 0 radical (unpaired) electrons. The van der Waals surface area contributed by atoms with E-state index in [2.05, 4.69) is 9.98 Å². The lowest BCUT2D eigenvalue weighted by Gasteiger charge is -2.19. The molecule has 2 rings (SSSR count). The van der Waals surface area contributed by atoms with E-state index in [0.717, 1.165) is 18.8 Å². The lowest BCUT2D eigenvalue weighted by molar-refractivity contribution is 0.457. The fourth-order valence-corrected chi connectivity index (χ4v) is 2.05. The summed E-state index contributed by atoms with van der Waals surface area (Å²) in [6, 6.07) is 9.39. The maximum atomic E-state index is 12.9. The SMILES string of the molecule is CCN(CC)C(N)=NCc1cc(Oc2ccc(F)cc2)ccn1. The average molecular weight is 316 g/mol. The molecule has 0 amide bonds. The van der Waals surface area contributed by atoms with Crippen LogP contribution in [0.2, 0.25) is 0 Å². The maximum Gasteiger partial charge on any atom is 0.191 e. The van der Waals surface area contributed by atoms with E-state index in [1.807, 2.05) is 18.7 Å². The minimum Gasteiger partial charge on any atom is -0.457 e. The number of pyridine rings is 1. The lowest BCUT2D eigenvalue weighted by atomic mass is 10.3. The number of nitrogens with two attached hydrogens (primary N) is 1. The first-order valence-corrected chi connectivity index (χ1v) is 7.55. The molecule has 2 aromatic rings. The Kier molecular flexibility index (Phi) is 5.91. The molecule has 6 heteroatoms. The molecule has 0 atom stereocenters. The average Bonchev–Trinajstić information content (AvgIpc) is 2.57. The predicted octanol–water partition coefficient (Wildman–Crippen LogP) is 3.17. The second kappa shape index (κ2) is 8.12. The minimum absolute atomic E-state index is 0.297. The van der Waals surface area contributed by atoms with Crippen LogP contribution in [0.5, 0.6) is 11.5 Å². The van der Waals surface area contributed by atoms with Crippen molar-refractivity contribution in [3.63, 3.8) is 0 Å². The van der Waals surface area contributed by atoms with Gasteiger partial charge in [-0.2, -0.15) is 0 Å². The van der Waals surface area contributed by atoms with Crippen LogP contribution in [0, 0.1) is 5.82 Å². The molecule has 2 N–H and O–H groups in total. The highest BCUT2D eigenvalue weighted by Crippen LogP contribution is 2.21. The van der Waals surface area contributed by atoms with Crippen molar-refractivity contribution >= 4 is 5.96 Å². The largest absolute Gasteiger partial charge is 0.457 e. The van der Waals surface area contributed by atoms with Gasteiger partial charge in [-0.15, -0.1) is 0 Å². The van der Waals surface area contributed by atoms with Crippen molar-refractivity contribution in [2.45, 2.75) is 20.4 Å². The van der Waals surface area contributed by atoms with Crippen molar-refractivity contribution in [3.05, 3.63) is 54.1 Å². The van der Waals surface area contributed by atoms with Gasteiger partial charge in [0.25, 0.3) is 0 Å². The number of nitrogens with zero attached hydrogens (tertiary/aromatic N) is 3. The highest BCUT2D eigenvalue weighted by molar-refractivity contribution is 5.77. The van der Waals surface area contributed by atoms with Crippen molar-refractivity contribution < 1.29 is 9.13 Å². The van der Waals surface area contributed by atoms with Gasteiger partial charge in [-0.1, -0.05) is 0 Å². The Morgan fingerprint density at radius 3 is 2.52 bits per heavy atom. The van der Waals surface area contributed by atoms with Crippen LogP contribution in [0.1, 0.15) is 19.5 Å². The van der Waals surface area contributed by atoms with E-state index in [4.69, 9.17) is 10.5 Å². The first kappa shape index (κ1) is 16.7. The summed E-state index contributed by atoms with van der Waals surface area (Å²) in [5.41, 5.74) is 6.69. The lowest BCUT2D eigenvalue weighted by Crippen LogP contribution is -2.37. The van der Waals surface area contributed by atoms with Gasteiger partial charge in [-0.05, 0) is 44.2 Å². The number of hydrogen-bond donors (Lipinski definition) is 1. The smallest absolute Gasteiger partial charge is 0.191 e. The van der Waals surface area contributed by atoms with E-state index in [1.54, 1.807) is 30.5 Å². The van der Waals surface area contributed by atoms with Gasteiger partial charge in [0.05, 0.1) is 12.2 Å². The summed E-state index contributed by atoms with van der Waals surface area (Å²) in [4.78, 5) is 10.6. The fourth-order valence-electron chi connectivity index (χ4n) is 2.05. The Morgan fingerprint density at radius 1 is 1.17 bits per heavy atom. The fraction of sp³-hybridized carbons (Fsp3) is 0.294. The highest BCUT2D eigenvalue weighted by Gasteiger charge is 2.04. The van der Waals surface area contributed by atoms with Crippen LogP contribution in [0.4, 0.5) is 4.39 Å². The van der Waals surface area contributed by atoms with Crippen molar-refractivity contribution in [2.24, 2.45) is 10.7 Å². The zero-order valence-electron chi connectivity index (χ0n) is 13.4. The van der Waals surface area contributed by atoms with Gasteiger partial charge in [-0.3, -0.25) is 4.98 Å². The zero-order valence-corrected chi connectivity index (χ0v) is 13.4. The van der Waals surface area contributed by atoms with Crippen LogP contribution in [-0.4, -0.2) is 28.9 Å². The van der Waals surface area contributed by atoms with Crippen molar-refractivity contribution in [2.75, 3.05) is 13.1 Å². The van der Waals surface area contributed by atoms with Gasteiger partial charge in [0.15, 0.2) is 5.96 Å². The number of ether oxygens (including phenoxy) is 1. The molecule has 23 heavy (non-hydrogen) atoms. The normalized spacial score (nSPS) is 11.3.